The number of carbonyl (C=O) groups excluding carboxylic acids is 1. The summed E-state index contributed by atoms with van der Waals surface area (Å²) in [6, 6.07) is 4.31. The first-order chi connectivity index (χ1) is 7.10. The first-order valence-electron chi connectivity index (χ1n) is 4.03. The van der Waals surface area contributed by atoms with Crippen molar-refractivity contribution in [2.24, 2.45) is 0 Å². The Hall–Kier alpha value is -1.96. The first-order valence-corrected chi connectivity index (χ1v) is 4.03. The van der Waals surface area contributed by atoms with Crippen LogP contribution in [-0.4, -0.2) is 12.9 Å². The molecule has 0 saturated carbocycles. The van der Waals surface area contributed by atoms with E-state index in [0.717, 1.165) is 0 Å². The van der Waals surface area contributed by atoms with Gasteiger partial charge in [0.2, 0.25) is 0 Å². The largest absolute Gasteiger partial charge is 0.435 e. The van der Waals surface area contributed by atoms with Crippen LogP contribution in [0.3, 0.4) is 0 Å². The summed E-state index contributed by atoms with van der Waals surface area (Å²) in [6.07, 6.45) is 0.451. The quantitative estimate of drug-likeness (QED) is 0.720. The number of halogens is 2. The predicted molar refractivity (Wildman–Crippen MR) is 47.9 cm³/mol. The molecule has 0 aliphatic heterocycles. The second-order valence-corrected chi connectivity index (χ2v) is 2.76. The maximum absolute atomic E-state index is 11.9. The number of hydrogen-bond acceptors (Lipinski definition) is 3. The van der Waals surface area contributed by atoms with Crippen molar-refractivity contribution in [2.45, 2.75) is 13.5 Å². The molecular formula is C10H7F2NO2. The molecule has 0 aliphatic rings. The summed E-state index contributed by atoms with van der Waals surface area (Å²) in [5.41, 5.74) is 0.462. The second-order valence-electron chi connectivity index (χ2n) is 2.76. The van der Waals surface area contributed by atoms with Crippen LogP contribution in [0.2, 0.25) is 0 Å². The minimum Gasteiger partial charge on any atom is -0.435 e. The van der Waals surface area contributed by atoms with Crippen molar-refractivity contribution in [3.63, 3.8) is 0 Å². The average Bonchev–Trinajstić information content (AvgIpc) is 2.20. The molecular weight excluding hydrogens is 204 g/mol. The van der Waals surface area contributed by atoms with Gasteiger partial charge in [-0.1, -0.05) is 0 Å². The van der Waals surface area contributed by atoms with Gasteiger partial charge < -0.3 is 4.74 Å². The van der Waals surface area contributed by atoms with Crippen LogP contribution in [-0.2, 0) is 0 Å². The van der Waals surface area contributed by atoms with Crippen LogP contribution in [0.5, 0.6) is 5.75 Å². The zero-order chi connectivity index (χ0) is 11.4. The molecule has 0 unspecified atom stereocenters. The van der Waals surface area contributed by atoms with Crippen molar-refractivity contribution >= 4 is 6.29 Å². The van der Waals surface area contributed by atoms with Crippen LogP contribution in [0.25, 0.3) is 0 Å². The van der Waals surface area contributed by atoms with Gasteiger partial charge in [0, 0.05) is 11.1 Å². The fraction of sp³-hybridized carbons (Fsp3) is 0.200. The average molecular weight is 211 g/mol. The van der Waals surface area contributed by atoms with Crippen molar-refractivity contribution in [2.75, 3.05) is 0 Å². The van der Waals surface area contributed by atoms with Crippen LogP contribution in [0.15, 0.2) is 12.1 Å². The first kappa shape index (κ1) is 11.1. The Morgan fingerprint density at radius 1 is 1.53 bits per heavy atom. The summed E-state index contributed by atoms with van der Waals surface area (Å²) in [7, 11) is 0. The van der Waals surface area contributed by atoms with Gasteiger partial charge in [-0.15, -0.1) is 0 Å². The fourth-order valence-corrected chi connectivity index (χ4v) is 1.18. The number of alkyl halides is 2. The third-order valence-electron chi connectivity index (χ3n) is 1.92. The predicted octanol–water partition coefficient (Wildman–Crippen LogP) is 2.28. The zero-order valence-electron chi connectivity index (χ0n) is 7.83. The molecule has 0 amide bonds. The molecule has 1 aromatic rings. The van der Waals surface area contributed by atoms with Gasteiger partial charge in [0.05, 0.1) is 11.6 Å². The summed E-state index contributed by atoms with van der Waals surface area (Å²) < 4.78 is 28.1. The summed E-state index contributed by atoms with van der Waals surface area (Å²) >= 11 is 0. The molecule has 0 fully saturated rings. The number of benzene rings is 1. The Bertz CT molecular complexity index is 424. The molecule has 0 aliphatic carbocycles. The molecule has 78 valence electrons. The van der Waals surface area contributed by atoms with Crippen molar-refractivity contribution in [1.82, 2.24) is 0 Å². The van der Waals surface area contributed by atoms with Crippen molar-refractivity contribution in [3.8, 4) is 11.8 Å². The standard InChI is InChI=1S/C10H7F2NO2/c1-6-8(5-14)7(4-13)2-3-9(6)15-10(11)12/h2-3,5,10H,1H3. The molecule has 0 saturated heterocycles. The van der Waals surface area contributed by atoms with Gasteiger partial charge in [-0.05, 0) is 19.1 Å². The monoisotopic (exact) mass is 211 g/mol. The molecule has 1 aromatic carbocycles. The third kappa shape index (κ3) is 2.29. The normalized spacial score (nSPS) is 9.80. The lowest BCUT2D eigenvalue weighted by atomic mass is 10.0. The van der Waals surface area contributed by atoms with E-state index in [2.05, 4.69) is 4.74 Å². The lowest BCUT2D eigenvalue weighted by molar-refractivity contribution is -0.0503. The maximum atomic E-state index is 11.9. The minimum atomic E-state index is -2.95. The Morgan fingerprint density at radius 3 is 2.67 bits per heavy atom. The van der Waals surface area contributed by atoms with E-state index in [1.54, 1.807) is 6.07 Å². The van der Waals surface area contributed by atoms with E-state index in [1.165, 1.54) is 19.1 Å². The number of carbonyl (C=O) groups is 1. The van der Waals surface area contributed by atoms with Crippen LogP contribution in [0.1, 0.15) is 21.5 Å². The second kappa shape index (κ2) is 4.51. The van der Waals surface area contributed by atoms with E-state index in [4.69, 9.17) is 5.26 Å². The number of rotatable bonds is 3. The molecule has 0 heterocycles. The lowest BCUT2D eigenvalue weighted by Crippen LogP contribution is -2.05. The molecule has 0 aromatic heterocycles. The Morgan fingerprint density at radius 2 is 2.20 bits per heavy atom. The van der Waals surface area contributed by atoms with E-state index in [1.807, 2.05) is 0 Å². The molecule has 15 heavy (non-hydrogen) atoms. The molecule has 3 nitrogen and oxygen atoms in total. The van der Waals surface area contributed by atoms with Crippen molar-refractivity contribution in [1.29, 1.82) is 5.26 Å². The van der Waals surface area contributed by atoms with E-state index in [0.29, 0.717) is 6.29 Å². The number of nitriles is 1. The van der Waals surface area contributed by atoms with Crippen LogP contribution in [0.4, 0.5) is 8.78 Å². The zero-order valence-corrected chi connectivity index (χ0v) is 7.83. The summed E-state index contributed by atoms with van der Waals surface area (Å²) in [4.78, 5) is 10.7. The smallest absolute Gasteiger partial charge is 0.387 e. The van der Waals surface area contributed by atoms with Gasteiger partial charge in [-0.3, -0.25) is 4.79 Å². The van der Waals surface area contributed by atoms with E-state index < -0.39 is 6.61 Å². The van der Waals surface area contributed by atoms with Gasteiger partial charge in [0.25, 0.3) is 0 Å². The number of nitrogens with zero attached hydrogens (tertiary/aromatic N) is 1. The highest BCUT2D eigenvalue weighted by Gasteiger charge is 2.13. The highest BCUT2D eigenvalue weighted by Crippen LogP contribution is 2.24. The summed E-state index contributed by atoms with van der Waals surface area (Å²) in [6.45, 7) is -1.50. The lowest BCUT2D eigenvalue weighted by Gasteiger charge is -2.09. The molecule has 0 spiro atoms. The number of hydrogen-bond donors (Lipinski definition) is 0. The number of aldehydes is 1. The SMILES string of the molecule is Cc1c(OC(F)F)ccc(C#N)c1C=O. The number of ether oxygens (including phenoxy) is 1. The molecule has 0 N–H and O–H groups in total. The van der Waals surface area contributed by atoms with E-state index in [9.17, 15) is 13.6 Å². The Balaban J connectivity index is 3.24. The Kier molecular flexibility index (Phi) is 3.34. The molecule has 1 rings (SSSR count). The highest BCUT2D eigenvalue weighted by molar-refractivity contribution is 5.82. The van der Waals surface area contributed by atoms with Crippen molar-refractivity contribution < 1.29 is 18.3 Å². The van der Waals surface area contributed by atoms with Crippen LogP contribution >= 0.6 is 0 Å². The summed E-state index contributed by atoms with van der Waals surface area (Å²) in [5, 5.41) is 8.65. The van der Waals surface area contributed by atoms with Gasteiger partial charge in [-0.25, -0.2) is 0 Å². The molecule has 0 bridgehead atoms. The van der Waals surface area contributed by atoms with Gasteiger partial charge >= 0.3 is 6.61 Å². The van der Waals surface area contributed by atoms with Crippen molar-refractivity contribution in [3.05, 3.63) is 28.8 Å². The van der Waals surface area contributed by atoms with Crippen LogP contribution in [0, 0.1) is 18.3 Å². The Labute approximate surface area is 84.9 Å². The fourth-order valence-electron chi connectivity index (χ4n) is 1.18. The van der Waals surface area contributed by atoms with E-state index in [-0.39, 0.29) is 22.4 Å². The third-order valence-corrected chi connectivity index (χ3v) is 1.92. The minimum absolute atomic E-state index is 0.0793. The van der Waals surface area contributed by atoms with Gasteiger partial charge in [-0.2, -0.15) is 14.0 Å². The molecule has 5 heteroatoms. The maximum Gasteiger partial charge on any atom is 0.387 e. The molecule has 0 radical (unpaired) electrons. The molecule has 0 atom stereocenters. The van der Waals surface area contributed by atoms with Gasteiger partial charge in [0.1, 0.15) is 5.75 Å². The van der Waals surface area contributed by atoms with Crippen LogP contribution < -0.4 is 4.74 Å². The topological polar surface area (TPSA) is 50.1 Å². The highest BCUT2D eigenvalue weighted by atomic mass is 19.3. The summed E-state index contributed by atoms with van der Waals surface area (Å²) in [5.74, 6) is -0.0916. The van der Waals surface area contributed by atoms with Gasteiger partial charge in [0.15, 0.2) is 6.29 Å². The van der Waals surface area contributed by atoms with E-state index >= 15 is 0 Å².